The predicted octanol–water partition coefficient (Wildman–Crippen LogP) is 4.29. The van der Waals surface area contributed by atoms with Gasteiger partial charge < -0.3 is 19.4 Å². The van der Waals surface area contributed by atoms with Gasteiger partial charge in [0, 0.05) is 17.3 Å². The van der Waals surface area contributed by atoms with Gasteiger partial charge in [0.2, 0.25) is 0 Å². The SMILES string of the molecule is CCOC(=O)c1c(NC(=O)c2cc3c(OC)cccc3n2C)sc(C)c1C. The van der Waals surface area contributed by atoms with E-state index in [0.717, 1.165) is 21.3 Å². The van der Waals surface area contributed by atoms with Gasteiger partial charge in [0.25, 0.3) is 5.91 Å². The average Bonchev–Trinajstić information content (AvgIpc) is 3.12. The Labute approximate surface area is 161 Å². The highest BCUT2D eigenvalue weighted by molar-refractivity contribution is 7.16. The summed E-state index contributed by atoms with van der Waals surface area (Å²) in [4.78, 5) is 26.2. The quantitative estimate of drug-likeness (QED) is 0.664. The Bertz CT molecular complexity index is 1030. The third-order valence-corrected chi connectivity index (χ3v) is 5.71. The van der Waals surface area contributed by atoms with Crippen LogP contribution in [0.25, 0.3) is 10.9 Å². The molecule has 3 rings (SSSR count). The largest absolute Gasteiger partial charge is 0.496 e. The van der Waals surface area contributed by atoms with Crippen molar-refractivity contribution < 1.29 is 19.1 Å². The van der Waals surface area contributed by atoms with Crippen molar-refractivity contribution in [3.63, 3.8) is 0 Å². The maximum absolute atomic E-state index is 12.9. The van der Waals surface area contributed by atoms with Gasteiger partial charge in [0.1, 0.15) is 16.4 Å². The number of benzene rings is 1. The number of rotatable bonds is 5. The summed E-state index contributed by atoms with van der Waals surface area (Å²) in [6.45, 7) is 5.81. The lowest BCUT2D eigenvalue weighted by molar-refractivity contribution is 0.0527. The van der Waals surface area contributed by atoms with Crippen LogP contribution in [0.4, 0.5) is 5.00 Å². The molecule has 0 spiro atoms. The second kappa shape index (κ2) is 7.44. The third kappa shape index (κ3) is 3.30. The molecule has 0 atom stereocenters. The number of carbonyl (C=O) groups is 2. The Morgan fingerprint density at radius 1 is 1.26 bits per heavy atom. The van der Waals surface area contributed by atoms with Crippen LogP contribution in [0, 0.1) is 13.8 Å². The van der Waals surface area contributed by atoms with Gasteiger partial charge in [-0.3, -0.25) is 4.79 Å². The van der Waals surface area contributed by atoms with E-state index in [-0.39, 0.29) is 12.5 Å². The number of methoxy groups -OCH3 is 1. The van der Waals surface area contributed by atoms with Crippen LogP contribution >= 0.6 is 11.3 Å². The highest BCUT2D eigenvalue weighted by Gasteiger charge is 2.24. The van der Waals surface area contributed by atoms with Crippen molar-refractivity contribution in [2.75, 3.05) is 19.0 Å². The number of fused-ring (bicyclic) bond motifs is 1. The summed E-state index contributed by atoms with van der Waals surface area (Å²) in [6, 6.07) is 7.46. The molecule has 1 aromatic carbocycles. The summed E-state index contributed by atoms with van der Waals surface area (Å²) in [5.41, 5.74) is 2.62. The van der Waals surface area contributed by atoms with Crippen LogP contribution in [0.1, 0.15) is 38.2 Å². The van der Waals surface area contributed by atoms with E-state index in [2.05, 4.69) is 5.32 Å². The fourth-order valence-corrected chi connectivity index (χ4v) is 4.10. The molecule has 27 heavy (non-hydrogen) atoms. The molecule has 0 aliphatic carbocycles. The van der Waals surface area contributed by atoms with Gasteiger partial charge >= 0.3 is 5.97 Å². The van der Waals surface area contributed by atoms with Crippen LogP contribution < -0.4 is 10.1 Å². The van der Waals surface area contributed by atoms with Crippen molar-refractivity contribution in [3.8, 4) is 5.75 Å². The third-order valence-electron chi connectivity index (χ3n) is 4.59. The number of aromatic nitrogens is 1. The number of hydrogen-bond donors (Lipinski definition) is 1. The number of thiophene rings is 1. The van der Waals surface area contributed by atoms with Gasteiger partial charge in [-0.05, 0) is 44.5 Å². The lowest BCUT2D eigenvalue weighted by Crippen LogP contribution is -2.17. The summed E-state index contributed by atoms with van der Waals surface area (Å²) < 4.78 is 12.3. The lowest BCUT2D eigenvalue weighted by atomic mass is 10.1. The number of anilines is 1. The molecular weight excluding hydrogens is 364 g/mol. The first-order valence-corrected chi connectivity index (χ1v) is 9.41. The summed E-state index contributed by atoms with van der Waals surface area (Å²) in [6.07, 6.45) is 0. The smallest absolute Gasteiger partial charge is 0.341 e. The summed E-state index contributed by atoms with van der Waals surface area (Å²) >= 11 is 1.37. The zero-order chi connectivity index (χ0) is 19.7. The molecule has 0 radical (unpaired) electrons. The van der Waals surface area contributed by atoms with E-state index in [1.807, 2.05) is 43.7 Å². The Balaban J connectivity index is 2.00. The van der Waals surface area contributed by atoms with Crippen molar-refractivity contribution in [1.82, 2.24) is 4.57 Å². The number of ether oxygens (including phenoxy) is 2. The molecule has 1 amide bonds. The molecule has 2 heterocycles. The highest BCUT2D eigenvalue weighted by atomic mass is 32.1. The zero-order valence-electron chi connectivity index (χ0n) is 16.0. The van der Waals surface area contributed by atoms with Gasteiger partial charge in [-0.25, -0.2) is 4.79 Å². The van der Waals surface area contributed by atoms with Crippen molar-refractivity contribution in [3.05, 3.63) is 46.0 Å². The first-order valence-electron chi connectivity index (χ1n) is 8.59. The number of nitrogens with zero attached hydrogens (tertiary/aromatic N) is 1. The van der Waals surface area contributed by atoms with E-state index in [4.69, 9.17) is 9.47 Å². The Morgan fingerprint density at radius 2 is 2.00 bits per heavy atom. The van der Waals surface area contributed by atoms with E-state index < -0.39 is 5.97 Å². The number of hydrogen-bond acceptors (Lipinski definition) is 5. The molecule has 0 aliphatic rings. The molecule has 0 bridgehead atoms. The Morgan fingerprint density at radius 3 is 2.67 bits per heavy atom. The first kappa shape index (κ1) is 19.0. The maximum atomic E-state index is 12.9. The van der Waals surface area contributed by atoms with E-state index >= 15 is 0 Å². The monoisotopic (exact) mass is 386 g/mol. The molecule has 1 N–H and O–H groups in total. The number of aryl methyl sites for hydroxylation is 2. The number of amides is 1. The maximum Gasteiger partial charge on any atom is 0.341 e. The lowest BCUT2D eigenvalue weighted by Gasteiger charge is -2.08. The molecule has 2 aromatic heterocycles. The molecule has 142 valence electrons. The van der Waals surface area contributed by atoms with Crippen molar-refractivity contribution in [2.24, 2.45) is 7.05 Å². The van der Waals surface area contributed by atoms with Crippen LogP contribution in [-0.2, 0) is 11.8 Å². The Hall–Kier alpha value is -2.80. The molecule has 6 nitrogen and oxygen atoms in total. The summed E-state index contributed by atoms with van der Waals surface area (Å²) in [5, 5.41) is 4.25. The van der Waals surface area contributed by atoms with E-state index in [9.17, 15) is 9.59 Å². The molecule has 3 aromatic rings. The number of carbonyl (C=O) groups excluding carboxylic acids is 2. The van der Waals surface area contributed by atoms with Gasteiger partial charge in [-0.1, -0.05) is 6.07 Å². The molecule has 0 saturated heterocycles. The predicted molar refractivity (Wildman–Crippen MR) is 107 cm³/mol. The topological polar surface area (TPSA) is 69.6 Å². The number of esters is 1. The minimum absolute atomic E-state index is 0.281. The minimum Gasteiger partial charge on any atom is -0.496 e. The minimum atomic E-state index is -0.423. The summed E-state index contributed by atoms with van der Waals surface area (Å²) in [7, 11) is 3.43. The van der Waals surface area contributed by atoms with E-state index in [1.165, 1.54) is 11.3 Å². The van der Waals surface area contributed by atoms with Crippen LogP contribution in [-0.4, -0.2) is 30.2 Å². The normalized spacial score (nSPS) is 10.9. The molecule has 0 fully saturated rings. The fourth-order valence-electron chi connectivity index (χ4n) is 3.06. The molecule has 0 saturated carbocycles. The number of nitrogens with one attached hydrogen (secondary N) is 1. The fraction of sp³-hybridized carbons (Fsp3) is 0.300. The van der Waals surface area contributed by atoms with Crippen LogP contribution in [0.15, 0.2) is 24.3 Å². The first-order chi connectivity index (χ1) is 12.9. The highest BCUT2D eigenvalue weighted by Crippen LogP contribution is 2.34. The second-order valence-electron chi connectivity index (χ2n) is 6.14. The molecule has 0 unspecified atom stereocenters. The van der Waals surface area contributed by atoms with E-state index in [1.54, 1.807) is 20.1 Å². The molecule has 7 heteroatoms. The average molecular weight is 386 g/mol. The Kier molecular flexibility index (Phi) is 5.23. The second-order valence-corrected chi connectivity index (χ2v) is 7.37. The van der Waals surface area contributed by atoms with Gasteiger partial charge in [-0.2, -0.15) is 0 Å². The molecule has 0 aliphatic heterocycles. The van der Waals surface area contributed by atoms with Crippen LogP contribution in [0.3, 0.4) is 0 Å². The van der Waals surface area contributed by atoms with Crippen LogP contribution in [0.5, 0.6) is 5.75 Å². The van der Waals surface area contributed by atoms with Gasteiger partial charge in [-0.15, -0.1) is 11.3 Å². The van der Waals surface area contributed by atoms with Crippen LogP contribution in [0.2, 0.25) is 0 Å². The zero-order valence-corrected chi connectivity index (χ0v) is 16.8. The van der Waals surface area contributed by atoms with Crippen molar-refractivity contribution >= 4 is 39.1 Å². The van der Waals surface area contributed by atoms with Crippen molar-refractivity contribution in [2.45, 2.75) is 20.8 Å². The van der Waals surface area contributed by atoms with E-state index in [0.29, 0.717) is 22.0 Å². The summed E-state index contributed by atoms with van der Waals surface area (Å²) in [5.74, 6) is -0.00640. The molecular formula is C20H22N2O4S. The van der Waals surface area contributed by atoms with Gasteiger partial charge in [0.05, 0.1) is 24.8 Å². The van der Waals surface area contributed by atoms with Gasteiger partial charge in [0.15, 0.2) is 0 Å². The standard InChI is InChI=1S/C20H22N2O4S/c1-6-26-20(24)17-11(2)12(3)27-19(17)21-18(23)15-10-13-14(22(15)4)8-7-9-16(13)25-5/h7-10H,6H2,1-5H3,(H,21,23). The van der Waals surface area contributed by atoms with Crippen molar-refractivity contribution in [1.29, 1.82) is 0 Å².